The van der Waals surface area contributed by atoms with Gasteiger partial charge in [-0.1, -0.05) is 46.8 Å². The zero-order chi connectivity index (χ0) is 24.2. The van der Waals surface area contributed by atoms with E-state index in [1.165, 1.54) is 24.8 Å². The molecule has 5 rings (SSSR count). The second kappa shape index (κ2) is 7.11. The lowest BCUT2D eigenvalue weighted by molar-refractivity contribution is -0.329. The molecule has 1 N–H and O–H groups in total. The van der Waals surface area contributed by atoms with Gasteiger partial charge in [0.05, 0.1) is 6.10 Å². The number of fused-ring (bicyclic) bond motifs is 7. The van der Waals surface area contributed by atoms with Gasteiger partial charge in [-0.2, -0.15) is 0 Å². The lowest BCUT2D eigenvalue weighted by Gasteiger charge is -2.73. The summed E-state index contributed by atoms with van der Waals surface area (Å²) >= 11 is 0. The first-order valence-corrected chi connectivity index (χ1v) is 13.8. The highest BCUT2D eigenvalue weighted by molar-refractivity contribution is 5.74. The van der Waals surface area contributed by atoms with Crippen molar-refractivity contribution in [3.8, 4) is 0 Å². The zero-order valence-electron chi connectivity index (χ0n) is 22.0. The van der Waals surface area contributed by atoms with Gasteiger partial charge in [-0.15, -0.1) is 0 Å². The normalized spacial score (nSPS) is 55.0. The average Bonchev–Trinajstić information content (AvgIpc) is 3.13. The van der Waals surface area contributed by atoms with Crippen molar-refractivity contribution in [2.75, 3.05) is 0 Å². The van der Waals surface area contributed by atoms with Crippen LogP contribution in [0.15, 0.2) is 12.2 Å². The topological polar surface area (TPSA) is 60.4 Å². The Hall–Kier alpha value is -0.830. The van der Waals surface area contributed by atoms with Gasteiger partial charge in [-0.25, -0.2) is 0 Å². The van der Waals surface area contributed by atoms with Gasteiger partial charge in [0, 0.05) is 11.4 Å². The van der Waals surface area contributed by atoms with Crippen LogP contribution in [0.2, 0.25) is 0 Å². The molecule has 186 valence electrons. The molecular formula is C30H47O3-. The zero-order valence-corrected chi connectivity index (χ0v) is 22.0. The number of carboxylic acid groups (broad SMARTS) is 1. The number of hydrogen-bond acceptors (Lipinski definition) is 3. The molecule has 0 saturated heterocycles. The fraction of sp³-hybridized carbons (Fsp3) is 0.900. The van der Waals surface area contributed by atoms with Crippen molar-refractivity contribution in [2.45, 2.75) is 112 Å². The maximum absolute atomic E-state index is 12.6. The molecule has 33 heavy (non-hydrogen) atoms. The van der Waals surface area contributed by atoms with E-state index in [9.17, 15) is 15.0 Å². The third-order valence-electron chi connectivity index (χ3n) is 13.5. The Bertz CT molecular complexity index is 861. The van der Waals surface area contributed by atoms with E-state index < -0.39 is 11.4 Å². The molecule has 3 heteroatoms. The fourth-order valence-electron chi connectivity index (χ4n) is 11.5. The molecule has 10 atom stereocenters. The fourth-order valence-corrected chi connectivity index (χ4v) is 11.5. The van der Waals surface area contributed by atoms with Crippen LogP contribution in [0.1, 0.15) is 106 Å². The monoisotopic (exact) mass is 455 g/mol. The Balaban J connectivity index is 1.57. The van der Waals surface area contributed by atoms with Crippen molar-refractivity contribution in [3.63, 3.8) is 0 Å². The summed E-state index contributed by atoms with van der Waals surface area (Å²) in [5, 5.41) is 23.5. The van der Waals surface area contributed by atoms with Crippen LogP contribution in [0.5, 0.6) is 0 Å². The molecule has 0 aromatic rings. The second-order valence-corrected chi connectivity index (χ2v) is 14.5. The molecular weight excluding hydrogens is 408 g/mol. The molecule has 5 aliphatic carbocycles. The van der Waals surface area contributed by atoms with Gasteiger partial charge in [0.25, 0.3) is 0 Å². The van der Waals surface area contributed by atoms with E-state index in [1.54, 1.807) is 0 Å². The van der Waals surface area contributed by atoms with Gasteiger partial charge in [-0.05, 0) is 122 Å². The molecule has 5 fully saturated rings. The summed E-state index contributed by atoms with van der Waals surface area (Å²) in [5.74, 6) is 1.38. The van der Waals surface area contributed by atoms with E-state index in [2.05, 4.69) is 48.1 Å². The van der Waals surface area contributed by atoms with Crippen molar-refractivity contribution in [1.82, 2.24) is 0 Å². The van der Waals surface area contributed by atoms with Crippen LogP contribution >= 0.6 is 0 Å². The molecule has 3 nitrogen and oxygen atoms in total. The third-order valence-corrected chi connectivity index (χ3v) is 13.5. The van der Waals surface area contributed by atoms with E-state index >= 15 is 0 Å². The Kier molecular flexibility index (Phi) is 5.15. The van der Waals surface area contributed by atoms with Gasteiger partial charge < -0.3 is 15.0 Å². The minimum absolute atomic E-state index is 0.0285. The average molecular weight is 456 g/mol. The number of aliphatic hydroxyl groups is 1. The summed E-state index contributed by atoms with van der Waals surface area (Å²) in [6.07, 6.45) is 10.1. The van der Waals surface area contributed by atoms with Crippen molar-refractivity contribution >= 4 is 5.97 Å². The smallest absolute Gasteiger partial charge is 0.0594 e. The highest BCUT2D eigenvalue weighted by Gasteiger charge is 2.71. The first-order valence-electron chi connectivity index (χ1n) is 13.8. The molecule has 0 heterocycles. The van der Waals surface area contributed by atoms with E-state index in [0.717, 1.165) is 44.9 Å². The predicted molar refractivity (Wildman–Crippen MR) is 130 cm³/mol. The molecule has 0 aromatic carbocycles. The first-order chi connectivity index (χ1) is 15.3. The largest absolute Gasteiger partial charge is 0.550 e. The third kappa shape index (κ3) is 2.75. The molecule has 0 unspecified atom stereocenters. The van der Waals surface area contributed by atoms with Crippen LogP contribution in [0, 0.1) is 56.7 Å². The molecule has 0 spiro atoms. The van der Waals surface area contributed by atoms with Crippen LogP contribution in [0.25, 0.3) is 0 Å². The summed E-state index contributed by atoms with van der Waals surface area (Å²) < 4.78 is 0. The predicted octanol–water partition coefficient (Wildman–Crippen LogP) is 5.75. The van der Waals surface area contributed by atoms with E-state index in [4.69, 9.17) is 0 Å². The van der Waals surface area contributed by atoms with Gasteiger partial charge in [-0.3, -0.25) is 0 Å². The quantitative estimate of drug-likeness (QED) is 0.539. The first kappa shape index (κ1) is 23.9. The standard InChI is InChI=1S/C30H48O3/c1-18(2)19-10-15-30(25(32)33)17-16-28(6)20(24(19)30)8-9-22-27(5)13-12-23(31)26(3,4)21(27)11-14-29(22,28)7/h19-24,31H,1,8-17H2,2-7H3,(H,32,33)/p-1/t19-,20+,21-,22+,23-,24+,27-,28+,29+,30-/m0/s1. The van der Waals surface area contributed by atoms with E-state index in [1.807, 2.05) is 0 Å². The van der Waals surface area contributed by atoms with Crippen molar-refractivity contribution in [3.05, 3.63) is 12.2 Å². The van der Waals surface area contributed by atoms with Crippen molar-refractivity contribution in [1.29, 1.82) is 0 Å². The summed E-state index contributed by atoms with van der Waals surface area (Å²) in [6, 6.07) is 0. The highest BCUT2D eigenvalue weighted by atomic mass is 16.4. The molecule has 0 bridgehead atoms. The van der Waals surface area contributed by atoms with Gasteiger partial charge in [0.1, 0.15) is 0 Å². The van der Waals surface area contributed by atoms with Crippen LogP contribution in [-0.2, 0) is 4.79 Å². The lowest BCUT2D eigenvalue weighted by Crippen LogP contribution is -2.67. The van der Waals surface area contributed by atoms with Gasteiger partial charge in [0.2, 0.25) is 0 Å². The number of aliphatic carboxylic acids is 1. The molecule has 0 aromatic heterocycles. The summed E-state index contributed by atoms with van der Waals surface area (Å²) in [5.41, 5.74) is 1.15. The Morgan fingerprint density at radius 3 is 2.18 bits per heavy atom. The molecule has 5 aliphatic rings. The van der Waals surface area contributed by atoms with Crippen LogP contribution < -0.4 is 5.11 Å². The van der Waals surface area contributed by atoms with Crippen LogP contribution in [-0.4, -0.2) is 17.2 Å². The number of hydrogen-bond donors (Lipinski definition) is 1. The number of rotatable bonds is 2. The molecule has 0 amide bonds. The number of allylic oxidation sites excluding steroid dienone is 1. The minimum Gasteiger partial charge on any atom is -0.550 e. The SMILES string of the molecule is C=C(C)[C@@H]1CC[C@]2(C(=O)[O-])CC[C@]3(C)[C@H](CC[C@@H]4[C@@]5(C)CC[C@H](O)C(C)(C)[C@@H]5CC[C@]43C)[C@@H]12. The van der Waals surface area contributed by atoms with E-state index in [-0.39, 0.29) is 33.7 Å². The Morgan fingerprint density at radius 2 is 1.55 bits per heavy atom. The molecule has 5 saturated carbocycles. The van der Waals surface area contributed by atoms with Crippen molar-refractivity contribution < 1.29 is 15.0 Å². The Labute approximate surface area is 201 Å². The van der Waals surface area contributed by atoms with Crippen molar-refractivity contribution in [2.24, 2.45) is 56.7 Å². The summed E-state index contributed by atoms with van der Waals surface area (Å²) in [7, 11) is 0. The number of aliphatic hydroxyl groups excluding tert-OH is 1. The number of carboxylic acids is 1. The highest BCUT2D eigenvalue weighted by Crippen LogP contribution is 2.77. The molecule has 0 radical (unpaired) electrons. The summed E-state index contributed by atoms with van der Waals surface area (Å²) in [4.78, 5) is 12.6. The maximum atomic E-state index is 12.6. The number of carbonyl (C=O) groups is 1. The summed E-state index contributed by atoms with van der Waals surface area (Å²) in [6.45, 7) is 18.7. The van der Waals surface area contributed by atoms with Gasteiger partial charge in [0.15, 0.2) is 0 Å². The van der Waals surface area contributed by atoms with Gasteiger partial charge >= 0.3 is 0 Å². The minimum atomic E-state index is -0.788. The van der Waals surface area contributed by atoms with Crippen LogP contribution in [0.4, 0.5) is 0 Å². The van der Waals surface area contributed by atoms with Crippen LogP contribution in [0.3, 0.4) is 0 Å². The number of carbonyl (C=O) groups excluding carboxylic acids is 1. The lowest BCUT2D eigenvalue weighted by atomic mass is 9.32. The maximum Gasteiger partial charge on any atom is 0.0594 e. The van der Waals surface area contributed by atoms with E-state index in [0.29, 0.717) is 23.7 Å². The second-order valence-electron chi connectivity index (χ2n) is 14.5. The molecule has 0 aliphatic heterocycles. The Morgan fingerprint density at radius 1 is 0.848 bits per heavy atom.